The number of nitrogens with two attached hydrogens (primary N) is 1. The van der Waals surface area contributed by atoms with Crippen LogP contribution in [-0.2, 0) is 11.3 Å². The Morgan fingerprint density at radius 2 is 2.03 bits per heavy atom. The van der Waals surface area contributed by atoms with Crippen LogP contribution in [0.15, 0.2) is 61.7 Å². The fraction of sp³-hybridized carbons (Fsp3) is 0.190. The number of Topliss-reactive ketones (excluding diaryl/α,β-unsaturated/α-hetero) is 1. The minimum atomic E-state index is -0.824. The van der Waals surface area contributed by atoms with Gasteiger partial charge in [-0.3, -0.25) is 19.1 Å². The molecule has 0 aliphatic carbocycles. The number of ketones is 1. The van der Waals surface area contributed by atoms with E-state index in [1.54, 1.807) is 12.1 Å². The number of H-pyrrole nitrogens is 1. The van der Waals surface area contributed by atoms with Gasteiger partial charge in [-0.15, -0.1) is 0 Å². The number of benzene rings is 1. The van der Waals surface area contributed by atoms with Crippen molar-refractivity contribution in [1.82, 2.24) is 19.5 Å². The summed E-state index contributed by atoms with van der Waals surface area (Å²) in [5.41, 5.74) is 4.90. The van der Waals surface area contributed by atoms with E-state index in [1.165, 1.54) is 13.4 Å². The number of nitrogens with one attached hydrogen (secondary N) is 1. The molecule has 3 N–H and O–H groups in total. The van der Waals surface area contributed by atoms with Crippen molar-refractivity contribution in [3.8, 4) is 11.6 Å². The van der Waals surface area contributed by atoms with Crippen molar-refractivity contribution in [3.05, 3.63) is 69.1 Å². The molecule has 0 aliphatic heterocycles. The van der Waals surface area contributed by atoms with Crippen molar-refractivity contribution in [2.75, 3.05) is 25.2 Å². The minimum Gasteiger partial charge on any atom is -0.461 e. The average molecular weight is 453 g/mol. The smallest absolute Gasteiger partial charge is 0.330 e. The summed E-state index contributed by atoms with van der Waals surface area (Å²) >= 11 is 1.15. The first-order valence-corrected chi connectivity index (χ1v) is 10.6. The number of ether oxygens (including phenoxy) is 1. The summed E-state index contributed by atoms with van der Waals surface area (Å²) in [5, 5.41) is 1.31. The molecule has 0 unspecified atom stereocenters. The Hall–Kier alpha value is -3.70. The molecule has 3 aromatic heterocycles. The first-order valence-electron chi connectivity index (χ1n) is 9.57. The summed E-state index contributed by atoms with van der Waals surface area (Å²) in [7, 11) is 1.47. The number of para-hydroxylation sites is 1. The third-order valence-corrected chi connectivity index (χ3v) is 5.68. The van der Waals surface area contributed by atoms with Crippen molar-refractivity contribution in [3.63, 3.8) is 0 Å². The number of anilines is 1. The molecule has 0 amide bonds. The second-order valence-electron chi connectivity index (χ2n) is 6.72. The number of aromatic nitrogens is 4. The van der Waals surface area contributed by atoms with Crippen LogP contribution in [0.4, 0.5) is 5.82 Å². The Morgan fingerprint density at radius 1 is 1.22 bits per heavy atom. The zero-order valence-electron chi connectivity index (χ0n) is 17.0. The van der Waals surface area contributed by atoms with Gasteiger partial charge in [0.25, 0.3) is 5.56 Å². The summed E-state index contributed by atoms with van der Waals surface area (Å²) in [6.07, 6.45) is 1.53. The Kier molecular flexibility index (Phi) is 6.19. The van der Waals surface area contributed by atoms with E-state index in [1.807, 2.05) is 24.3 Å². The molecule has 0 radical (unpaired) electrons. The van der Waals surface area contributed by atoms with E-state index in [9.17, 15) is 14.4 Å². The number of methoxy groups -OCH3 is 1. The van der Waals surface area contributed by atoms with Crippen molar-refractivity contribution in [1.29, 1.82) is 0 Å². The van der Waals surface area contributed by atoms with Gasteiger partial charge in [-0.2, -0.15) is 0 Å². The van der Waals surface area contributed by atoms with Crippen molar-refractivity contribution in [2.45, 2.75) is 11.6 Å². The molecule has 4 aromatic rings. The van der Waals surface area contributed by atoms with E-state index in [2.05, 4.69) is 15.0 Å². The van der Waals surface area contributed by atoms with Gasteiger partial charge in [0.05, 0.1) is 30.7 Å². The van der Waals surface area contributed by atoms with Crippen LogP contribution < -0.4 is 17.0 Å². The molecule has 4 rings (SSSR count). The van der Waals surface area contributed by atoms with Gasteiger partial charge in [-0.25, -0.2) is 14.8 Å². The van der Waals surface area contributed by atoms with Gasteiger partial charge < -0.3 is 14.9 Å². The van der Waals surface area contributed by atoms with Gasteiger partial charge in [0.2, 0.25) is 0 Å². The predicted octanol–water partition coefficient (Wildman–Crippen LogP) is 1.94. The second kappa shape index (κ2) is 9.20. The number of carbonyl (C=O) groups excluding carboxylic acids is 1. The second-order valence-corrected chi connectivity index (χ2v) is 7.69. The van der Waals surface area contributed by atoms with Crippen LogP contribution in [0.2, 0.25) is 0 Å². The first kappa shape index (κ1) is 21.5. The molecule has 32 heavy (non-hydrogen) atoms. The first-order chi connectivity index (χ1) is 15.5. The quantitative estimate of drug-likeness (QED) is 0.232. The zero-order chi connectivity index (χ0) is 22.7. The fourth-order valence-electron chi connectivity index (χ4n) is 3.14. The molecule has 0 aliphatic rings. The number of fused-ring (bicyclic) bond motifs is 1. The summed E-state index contributed by atoms with van der Waals surface area (Å²) in [4.78, 5) is 48.5. The molecule has 0 bridgehead atoms. The molecule has 10 nitrogen and oxygen atoms in total. The van der Waals surface area contributed by atoms with Crippen LogP contribution in [0, 0.1) is 0 Å². The van der Waals surface area contributed by atoms with Crippen LogP contribution in [0.3, 0.4) is 0 Å². The SMILES string of the molecule is COCCn1c(N)c(C(=O)CSc2nc(-c3ccco3)nc3ccccc23)c(=O)[nH]c1=O. The Bertz CT molecular complexity index is 1390. The third kappa shape index (κ3) is 4.20. The minimum absolute atomic E-state index is 0.106. The lowest BCUT2D eigenvalue weighted by Gasteiger charge is -2.12. The lowest BCUT2D eigenvalue weighted by Crippen LogP contribution is -2.37. The summed E-state index contributed by atoms with van der Waals surface area (Å²) in [6.45, 7) is 0.301. The molecular formula is C21H19N5O5S. The maximum Gasteiger partial charge on any atom is 0.330 e. The topological polar surface area (TPSA) is 146 Å². The Labute approximate surface area is 185 Å². The molecule has 164 valence electrons. The highest BCUT2D eigenvalue weighted by Gasteiger charge is 2.21. The highest BCUT2D eigenvalue weighted by atomic mass is 32.2. The standard InChI is InChI=1S/C21H19N5O5S/c1-30-10-8-26-17(22)16(19(28)25-21(26)29)14(27)11-32-20-12-5-2-3-6-13(12)23-18(24-20)15-7-4-9-31-15/h2-7,9H,8,10-11,22H2,1H3,(H,25,28,29). The van der Waals surface area contributed by atoms with Crippen LogP contribution in [0.25, 0.3) is 22.5 Å². The molecule has 3 heterocycles. The lowest BCUT2D eigenvalue weighted by molar-refractivity contribution is 0.102. The van der Waals surface area contributed by atoms with E-state index >= 15 is 0 Å². The molecule has 0 saturated heterocycles. The Balaban J connectivity index is 1.67. The molecular weight excluding hydrogens is 434 g/mol. The van der Waals surface area contributed by atoms with Crippen molar-refractivity contribution in [2.24, 2.45) is 0 Å². The van der Waals surface area contributed by atoms with Crippen LogP contribution in [-0.4, -0.2) is 44.8 Å². The number of hydrogen-bond acceptors (Lipinski definition) is 9. The number of nitrogen functional groups attached to an aromatic ring is 1. The molecule has 1 aromatic carbocycles. The summed E-state index contributed by atoms with van der Waals surface area (Å²) in [6, 6.07) is 10.9. The highest BCUT2D eigenvalue weighted by molar-refractivity contribution is 8.00. The monoisotopic (exact) mass is 453 g/mol. The van der Waals surface area contributed by atoms with E-state index in [0.717, 1.165) is 21.7 Å². The van der Waals surface area contributed by atoms with Crippen LogP contribution in [0.1, 0.15) is 10.4 Å². The van der Waals surface area contributed by atoms with Crippen LogP contribution >= 0.6 is 11.8 Å². The van der Waals surface area contributed by atoms with Crippen LogP contribution in [0.5, 0.6) is 0 Å². The average Bonchev–Trinajstić information content (AvgIpc) is 3.32. The third-order valence-electron chi connectivity index (χ3n) is 4.69. The normalized spacial score (nSPS) is 11.2. The highest BCUT2D eigenvalue weighted by Crippen LogP contribution is 2.29. The number of furan rings is 1. The summed E-state index contributed by atoms with van der Waals surface area (Å²) < 4.78 is 11.5. The lowest BCUT2D eigenvalue weighted by atomic mass is 10.2. The van der Waals surface area contributed by atoms with Gasteiger partial charge in [0.1, 0.15) is 16.4 Å². The number of nitrogens with zero attached hydrogens (tertiary/aromatic N) is 3. The number of thioether (sulfide) groups is 1. The summed E-state index contributed by atoms with van der Waals surface area (Å²) in [5.74, 6) is 0.0466. The number of rotatable bonds is 8. The van der Waals surface area contributed by atoms with E-state index in [-0.39, 0.29) is 30.3 Å². The van der Waals surface area contributed by atoms with E-state index in [4.69, 9.17) is 14.9 Å². The van der Waals surface area contributed by atoms with Gasteiger partial charge in [0, 0.05) is 12.5 Å². The van der Waals surface area contributed by atoms with Gasteiger partial charge in [-0.1, -0.05) is 30.0 Å². The molecule has 11 heteroatoms. The largest absolute Gasteiger partial charge is 0.461 e. The number of aromatic amines is 1. The van der Waals surface area contributed by atoms with E-state index in [0.29, 0.717) is 22.1 Å². The molecule has 0 spiro atoms. The van der Waals surface area contributed by atoms with E-state index < -0.39 is 17.0 Å². The Morgan fingerprint density at radius 3 is 2.78 bits per heavy atom. The molecule has 0 fully saturated rings. The maximum absolute atomic E-state index is 12.9. The maximum atomic E-state index is 12.9. The van der Waals surface area contributed by atoms with Gasteiger partial charge in [0.15, 0.2) is 17.4 Å². The van der Waals surface area contributed by atoms with Crippen molar-refractivity contribution >= 4 is 34.3 Å². The molecule has 0 atom stereocenters. The predicted molar refractivity (Wildman–Crippen MR) is 120 cm³/mol. The van der Waals surface area contributed by atoms with Crippen molar-refractivity contribution < 1.29 is 13.9 Å². The van der Waals surface area contributed by atoms with Gasteiger partial charge in [-0.05, 0) is 18.2 Å². The molecule has 0 saturated carbocycles. The number of hydrogen-bond donors (Lipinski definition) is 2. The zero-order valence-corrected chi connectivity index (χ0v) is 17.8. The fourth-order valence-corrected chi connectivity index (χ4v) is 4.03. The van der Waals surface area contributed by atoms with Gasteiger partial charge >= 0.3 is 5.69 Å². The number of carbonyl (C=O) groups is 1.